The second-order valence-electron chi connectivity index (χ2n) is 4.87. The van der Waals surface area contributed by atoms with Crippen molar-refractivity contribution >= 4 is 49.2 Å². The number of hydrogen-bond acceptors (Lipinski definition) is 4. The summed E-state index contributed by atoms with van der Waals surface area (Å²) in [5.74, 6) is 0.426. The van der Waals surface area contributed by atoms with Gasteiger partial charge in [0.1, 0.15) is 0 Å². The van der Waals surface area contributed by atoms with E-state index in [1.807, 2.05) is 0 Å². The van der Waals surface area contributed by atoms with Gasteiger partial charge >= 0.3 is 0 Å². The molecule has 3 heterocycles. The van der Waals surface area contributed by atoms with E-state index < -0.39 is 0 Å². The van der Waals surface area contributed by atoms with Crippen LogP contribution in [-0.2, 0) is 6.42 Å². The molecule has 96 valence electrons. The molecule has 0 radical (unpaired) electrons. The van der Waals surface area contributed by atoms with Gasteiger partial charge in [0.15, 0.2) is 5.78 Å². The van der Waals surface area contributed by atoms with Crippen molar-refractivity contribution in [2.24, 2.45) is 0 Å². The normalized spacial score (nSPS) is 18.6. The van der Waals surface area contributed by atoms with Crippen LogP contribution in [0.5, 0.6) is 0 Å². The number of aryl methyl sites for hydroxylation is 1. The zero-order valence-electron chi connectivity index (χ0n) is 10.2. The highest BCUT2D eigenvalue weighted by molar-refractivity contribution is 7.27. The highest BCUT2D eigenvalue weighted by Gasteiger charge is 2.29. The topological polar surface area (TPSA) is 17.1 Å². The van der Waals surface area contributed by atoms with Crippen molar-refractivity contribution in [3.05, 3.63) is 44.3 Å². The lowest BCUT2D eigenvalue weighted by molar-refractivity contribution is 0.0955. The fourth-order valence-corrected chi connectivity index (χ4v) is 5.91. The lowest BCUT2D eigenvalue weighted by atomic mass is 9.84. The van der Waals surface area contributed by atoms with E-state index in [4.69, 9.17) is 0 Å². The van der Waals surface area contributed by atoms with Crippen molar-refractivity contribution in [3.8, 4) is 0 Å². The maximum atomic E-state index is 12.7. The van der Waals surface area contributed by atoms with Gasteiger partial charge in [0.25, 0.3) is 0 Å². The van der Waals surface area contributed by atoms with Gasteiger partial charge in [-0.2, -0.15) is 0 Å². The van der Waals surface area contributed by atoms with Crippen LogP contribution in [0.25, 0.3) is 9.40 Å². The summed E-state index contributed by atoms with van der Waals surface area (Å²) >= 11 is 5.17. The Morgan fingerprint density at radius 1 is 1.16 bits per heavy atom. The SMILES string of the molecule is O=C(c1cc2sccc2s1)C1CCCc2sccc21. The molecule has 0 fully saturated rings. The number of fused-ring (bicyclic) bond motifs is 2. The molecule has 0 saturated heterocycles. The van der Waals surface area contributed by atoms with Crippen LogP contribution in [0, 0.1) is 0 Å². The molecule has 1 aliphatic carbocycles. The Hall–Kier alpha value is -0.970. The first kappa shape index (κ1) is 11.8. The van der Waals surface area contributed by atoms with Gasteiger partial charge in [-0.05, 0) is 53.8 Å². The summed E-state index contributed by atoms with van der Waals surface area (Å²) in [4.78, 5) is 15.1. The number of rotatable bonds is 2. The molecule has 0 N–H and O–H groups in total. The van der Waals surface area contributed by atoms with Crippen LogP contribution in [-0.4, -0.2) is 5.78 Å². The van der Waals surface area contributed by atoms with E-state index >= 15 is 0 Å². The van der Waals surface area contributed by atoms with Crippen LogP contribution in [0.15, 0.2) is 29.0 Å². The molecule has 0 amide bonds. The van der Waals surface area contributed by atoms with Crippen molar-refractivity contribution in [1.82, 2.24) is 0 Å². The van der Waals surface area contributed by atoms with Crippen LogP contribution in [0.4, 0.5) is 0 Å². The minimum absolute atomic E-state index is 0.0998. The lowest BCUT2D eigenvalue weighted by Gasteiger charge is -2.20. The summed E-state index contributed by atoms with van der Waals surface area (Å²) in [6, 6.07) is 6.34. The van der Waals surface area contributed by atoms with Gasteiger partial charge in [0.05, 0.1) is 4.88 Å². The first-order valence-corrected chi connectivity index (χ1v) is 8.98. The molecule has 4 heteroatoms. The Balaban J connectivity index is 1.73. The number of carbonyl (C=O) groups is 1. The zero-order valence-corrected chi connectivity index (χ0v) is 12.7. The molecule has 0 aliphatic heterocycles. The highest BCUT2D eigenvalue weighted by Crippen LogP contribution is 2.39. The molecule has 19 heavy (non-hydrogen) atoms. The number of carbonyl (C=O) groups excluding carboxylic acids is 1. The summed E-state index contributed by atoms with van der Waals surface area (Å²) in [6.07, 6.45) is 3.30. The van der Waals surface area contributed by atoms with Crippen molar-refractivity contribution in [2.45, 2.75) is 25.2 Å². The van der Waals surface area contributed by atoms with Gasteiger partial charge in [-0.1, -0.05) is 0 Å². The van der Waals surface area contributed by atoms with Gasteiger partial charge in [-0.3, -0.25) is 4.79 Å². The Morgan fingerprint density at radius 3 is 2.95 bits per heavy atom. The van der Waals surface area contributed by atoms with Crippen molar-refractivity contribution < 1.29 is 4.79 Å². The maximum Gasteiger partial charge on any atom is 0.180 e. The Bertz CT molecular complexity index is 718. The molecular weight excluding hydrogens is 292 g/mol. The van der Waals surface area contributed by atoms with Crippen molar-refractivity contribution in [1.29, 1.82) is 0 Å². The third kappa shape index (κ3) is 1.90. The van der Waals surface area contributed by atoms with E-state index in [9.17, 15) is 4.79 Å². The molecule has 3 aromatic rings. The molecular formula is C15H12OS3. The van der Waals surface area contributed by atoms with Gasteiger partial charge < -0.3 is 0 Å². The molecule has 4 rings (SSSR count). The minimum Gasteiger partial charge on any atom is -0.293 e. The molecule has 0 spiro atoms. The predicted molar refractivity (Wildman–Crippen MR) is 84.0 cm³/mol. The average Bonchev–Trinajstić information content (AvgIpc) is 3.11. The van der Waals surface area contributed by atoms with E-state index in [0.717, 1.165) is 24.1 Å². The second-order valence-corrected chi connectivity index (χ2v) is 7.90. The molecule has 0 saturated carbocycles. The quantitative estimate of drug-likeness (QED) is 0.585. The second kappa shape index (κ2) is 4.54. The summed E-state index contributed by atoms with van der Waals surface area (Å²) in [7, 11) is 0. The first-order chi connectivity index (χ1) is 9.33. The van der Waals surface area contributed by atoms with Gasteiger partial charge in [-0.15, -0.1) is 34.0 Å². The third-order valence-electron chi connectivity index (χ3n) is 3.75. The largest absolute Gasteiger partial charge is 0.293 e. The Labute approximate surface area is 123 Å². The Kier molecular flexibility index (Phi) is 2.83. The summed E-state index contributed by atoms with van der Waals surface area (Å²) in [5.41, 5.74) is 1.29. The Morgan fingerprint density at radius 2 is 2.05 bits per heavy atom. The van der Waals surface area contributed by atoms with Crippen molar-refractivity contribution in [3.63, 3.8) is 0 Å². The van der Waals surface area contributed by atoms with E-state index in [2.05, 4.69) is 29.0 Å². The lowest BCUT2D eigenvalue weighted by Crippen LogP contribution is -2.16. The monoisotopic (exact) mass is 304 g/mol. The smallest absolute Gasteiger partial charge is 0.180 e. The highest BCUT2D eigenvalue weighted by atomic mass is 32.1. The van der Waals surface area contributed by atoms with E-state index in [1.54, 1.807) is 34.0 Å². The van der Waals surface area contributed by atoms with E-state index in [0.29, 0.717) is 5.78 Å². The molecule has 3 aromatic heterocycles. The molecule has 1 unspecified atom stereocenters. The third-order valence-corrected chi connectivity index (χ3v) is 6.86. The maximum absolute atomic E-state index is 12.7. The minimum atomic E-state index is 0.0998. The molecule has 1 atom stereocenters. The van der Waals surface area contributed by atoms with Crippen LogP contribution in [0.3, 0.4) is 0 Å². The standard InChI is InChI=1S/C15H12OS3/c16-15(14-8-13-12(19-14)5-7-18-13)10-2-1-3-11-9(10)4-6-17-11/h4-8,10H,1-3H2. The van der Waals surface area contributed by atoms with Crippen LogP contribution in [0.1, 0.15) is 38.9 Å². The number of thiophene rings is 3. The van der Waals surface area contributed by atoms with Crippen LogP contribution < -0.4 is 0 Å². The number of Topliss-reactive ketones (excluding diaryl/α,β-unsaturated/α-hetero) is 1. The fourth-order valence-electron chi connectivity index (χ4n) is 2.82. The summed E-state index contributed by atoms with van der Waals surface area (Å²) in [5, 5.41) is 4.22. The van der Waals surface area contributed by atoms with Crippen LogP contribution >= 0.6 is 34.0 Å². The first-order valence-electron chi connectivity index (χ1n) is 6.40. The molecule has 1 nitrogen and oxygen atoms in total. The van der Waals surface area contributed by atoms with Gasteiger partial charge in [-0.25, -0.2) is 0 Å². The van der Waals surface area contributed by atoms with Gasteiger partial charge in [0.2, 0.25) is 0 Å². The molecule has 1 aliphatic rings. The van der Waals surface area contributed by atoms with Crippen LogP contribution in [0.2, 0.25) is 0 Å². The number of hydrogen-bond donors (Lipinski definition) is 0. The van der Waals surface area contributed by atoms with Gasteiger partial charge in [0, 0.05) is 20.2 Å². The molecule has 0 aromatic carbocycles. The fraction of sp³-hybridized carbons (Fsp3) is 0.267. The zero-order chi connectivity index (χ0) is 12.8. The summed E-state index contributed by atoms with van der Waals surface area (Å²) in [6.45, 7) is 0. The average molecular weight is 304 g/mol. The predicted octanol–water partition coefficient (Wildman–Crippen LogP) is 5.33. The van der Waals surface area contributed by atoms with Crippen molar-refractivity contribution in [2.75, 3.05) is 0 Å². The molecule has 0 bridgehead atoms. The number of ketones is 1. The van der Waals surface area contributed by atoms with E-state index in [1.165, 1.54) is 19.8 Å². The summed E-state index contributed by atoms with van der Waals surface area (Å²) < 4.78 is 2.49. The van der Waals surface area contributed by atoms with E-state index in [-0.39, 0.29) is 5.92 Å².